The third kappa shape index (κ3) is 5.69. The van der Waals surface area contributed by atoms with E-state index in [1.165, 1.54) is 19.3 Å². The quantitative estimate of drug-likeness (QED) is 0.657. The number of unbranched alkanes of at least 4 members (excludes halogenated alkanes) is 1. The number of carbonyl (C=O) groups excluding carboxylic acids is 1. The number of nitrogens with one attached hydrogen (secondary N) is 1. The number of halogens is 2. The number of amides is 1. The van der Waals surface area contributed by atoms with Crippen LogP contribution in [0.25, 0.3) is 0 Å². The van der Waals surface area contributed by atoms with Crippen molar-refractivity contribution in [2.45, 2.75) is 39.5 Å². The first-order valence-electron chi connectivity index (χ1n) is 6.81. The van der Waals surface area contributed by atoms with Gasteiger partial charge in [-0.15, -0.1) is 0 Å². The van der Waals surface area contributed by atoms with Gasteiger partial charge in [0.15, 0.2) is 0 Å². The van der Waals surface area contributed by atoms with Crippen molar-refractivity contribution < 1.29 is 4.79 Å². The first-order valence-corrected chi connectivity index (χ1v) is 8.27. The fraction of sp³-hybridized carbons (Fsp3) is 0.533. The van der Waals surface area contributed by atoms with Gasteiger partial charge in [0.25, 0.3) is 5.91 Å². The first-order chi connectivity index (χ1) is 9.08. The van der Waals surface area contributed by atoms with Crippen molar-refractivity contribution in [1.29, 1.82) is 0 Å². The minimum absolute atomic E-state index is 0.0261. The summed E-state index contributed by atoms with van der Waals surface area (Å²) in [4.78, 5) is 12.1. The lowest BCUT2D eigenvalue weighted by atomic mass is 9.99. The lowest BCUT2D eigenvalue weighted by Gasteiger charge is -2.15. The van der Waals surface area contributed by atoms with Gasteiger partial charge in [-0.1, -0.05) is 44.7 Å². The van der Waals surface area contributed by atoms with Gasteiger partial charge in [0, 0.05) is 15.1 Å². The fourth-order valence-corrected chi connectivity index (χ4v) is 2.70. The molecule has 4 heteroatoms. The topological polar surface area (TPSA) is 29.1 Å². The van der Waals surface area contributed by atoms with Crippen molar-refractivity contribution in [1.82, 2.24) is 5.32 Å². The summed E-state index contributed by atoms with van der Waals surface area (Å²) in [5.41, 5.74) is 0.665. The molecule has 1 unspecified atom stereocenters. The molecule has 1 aromatic carbocycles. The Kier molecular flexibility index (Phi) is 7.76. The van der Waals surface area contributed by atoms with Gasteiger partial charge < -0.3 is 5.32 Å². The molecule has 0 aromatic heterocycles. The predicted molar refractivity (Wildman–Crippen MR) is 89.8 cm³/mol. The van der Waals surface area contributed by atoms with Crippen LogP contribution in [-0.4, -0.2) is 12.5 Å². The Morgan fingerprint density at radius 2 is 2.16 bits per heavy atom. The molecule has 0 aliphatic carbocycles. The van der Waals surface area contributed by atoms with E-state index in [1.54, 1.807) is 12.1 Å². The largest absolute Gasteiger partial charge is 0.352 e. The Balaban J connectivity index is 2.56. The fourth-order valence-electron chi connectivity index (χ4n) is 1.95. The smallest absolute Gasteiger partial charge is 0.252 e. The second-order valence-electron chi connectivity index (χ2n) is 4.75. The number of benzene rings is 1. The summed E-state index contributed by atoms with van der Waals surface area (Å²) < 4.78 is 0.932. The summed E-state index contributed by atoms with van der Waals surface area (Å²) in [6, 6.07) is 5.40. The second-order valence-corrected chi connectivity index (χ2v) is 6.35. The first kappa shape index (κ1) is 16.8. The van der Waals surface area contributed by atoms with E-state index >= 15 is 0 Å². The molecule has 1 aromatic rings. The summed E-state index contributed by atoms with van der Waals surface area (Å²) in [5, 5.41) is 3.63. The highest BCUT2D eigenvalue weighted by atomic mass is 127. The zero-order valence-electron chi connectivity index (χ0n) is 11.5. The lowest BCUT2D eigenvalue weighted by molar-refractivity contribution is 0.0945. The molecular weight excluding hydrogens is 373 g/mol. The molecule has 1 rings (SSSR count). The van der Waals surface area contributed by atoms with E-state index in [1.807, 2.05) is 6.07 Å². The normalized spacial score (nSPS) is 12.2. The molecule has 0 bridgehead atoms. The van der Waals surface area contributed by atoms with Gasteiger partial charge in [-0.25, -0.2) is 0 Å². The summed E-state index contributed by atoms with van der Waals surface area (Å²) in [7, 11) is 0. The van der Waals surface area contributed by atoms with Gasteiger partial charge in [-0.2, -0.15) is 0 Å². The lowest BCUT2D eigenvalue weighted by Crippen LogP contribution is -2.29. The van der Waals surface area contributed by atoms with Crippen molar-refractivity contribution in [3.8, 4) is 0 Å². The molecule has 0 heterocycles. The molecule has 0 saturated carbocycles. The standard InChI is InChI=1S/C15H21ClINO/c1-3-5-6-11(4-2)10-18-15(19)13-9-12(16)7-8-14(13)17/h7-9,11H,3-6,10H2,1-2H3,(H,18,19). The number of hydrogen-bond donors (Lipinski definition) is 1. The van der Waals surface area contributed by atoms with Crippen LogP contribution in [0, 0.1) is 9.49 Å². The summed E-state index contributed by atoms with van der Waals surface area (Å²) >= 11 is 8.10. The molecule has 0 radical (unpaired) electrons. The summed E-state index contributed by atoms with van der Waals surface area (Å²) in [6.07, 6.45) is 4.71. The second kappa shape index (κ2) is 8.80. The van der Waals surface area contributed by atoms with Crippen LogP contribution < -0.4 is 5.32 Å². The van der Waals surface area contributed by atoms with E-state index < -0.39 is 0 Å². The third-order valence-electron chi connectivity index (χ3n) is 3.27. The summed E-state index contributed by atoms with van der Waals surface area (Å²) in [5.74, 6) is 0.544. The van der Waals surface area contributed by atoms with E-state index in [2.05, 4.69) is 41.8 Å². The van der Waals surface area contributed by atoms with Gasteiger partial charge in [0.2, 0.25) is 0 Å². The molecule has 2 nitrogen and oxygen atoms in total. The van der Waals surface area contributed by atoms with Crippen LogP contribution in [0.2, 0.25) is 5.02 Å². The minimum atomic E-state index is -0.0261. The average Bonchev–Trinajstić information content (AvgIpc) is 2.41. The van der Waals surface area contributed by atoms with Crippen LogP contribution in [0.5, 0.6) is 0 Å². The van der Waals surface area contributed by atoms with E-state index in [9.17, 15) is 4.79 Å². The van der Waals surface area contributed by atoms with Crippen LogP contribution >= 0.6 is 34.2 Å². The predicted octanol–water partition coefficient (Wildman–Crippen LogP) is 4.89. The molecule has 1 N–H and O–H groups in total. The van der Waals surface area contributed by atoms with Crippen LogP contribution in [0.1, 0.15) is 49.9 Å². The molecule has 0 spiro atoms. The van der Waals surface area contributed by atoms with Gasteiger partial charge in [-0.3, -0.25) is 4.79 Å². The maximum absolute atomic E-state index is 12.1. The molecular formula is C15H21ClINO. The zero-order valence-corrected chi connectivity index (χ0v) is 14.4. The Morgan fingerprint density at radius 1 is 1.42 bits per heavy atom. The molecule has 0 fully saturated rings. The highest BCUT2D eigenvalue weighted by Gasteiger charge is 2.12. The summed E-state index contributed by atoms with van der Waals surface area (Å²) in [6.45, 7) is 5.12. The van der Waals surface area contributed by atoms with E-state index in [0.717, 1.165) is 16.5 Å². The van der Waals surface area contributed by atoms with Crippen LogP contribution in [0.4, 0.5) is 0 Å². The van der Waals surface area contributed by atoms with Crippen molar-refractivity contribution in [3.05, 3.63) is 32.4 Å². The zero-order chi connectivity index (χ0) is 14.3. The molecule has 19 heavy (non-hydrogen) atoms. The third-order valence-corrected chi connectivity index (χ3v) is 4.44. The van der Waals surface area contributed by atoms with E-state index in [4.69, 9.17) is 11.6 Å². The van der Waals surface area contributed by atoms with Gasteiger partial charge in [-0.05, 0) is 53.1 Å². The highest BCUT2D eigenvalue weighted by Crippen LogP contribution is 2.18. The van der Waals surface area contributed by atoms with E-state index in [-0.39, 0.29) is 5.91 Å². The molecule has 1 amide bonds. The van der Waals surface area contributed by atoms with Crippen molar-refractivity contribution in [2.24, 2.45) is 5.92 Å². The number of hydrogen-bond acceptors (Lipinski definition) is 1. The Hall–Kier alpha value is -0.290. The van der Waals surface area contributed by atoms with Crippen LogP contribution in [0.15, 0.2) is 18.2 Å². The molecule has 0 saturated heterocycles. The maximum atomic E-state index is 12.1. The monoisotopic (exact) mass is 393 g/mol. The molecule has 0 aliphatic rings. The maximum Gasteiger partial charge on any atom is 0.252 e. The van der Waals surface area contributed by atoms with Crippen molar-refractivity contribution >= 4 is 40.1 Å². The highest BCUT2D eigenvalue weighted by molar-refractivity contribution is 14.1. The molecule has 106 valence electrons. The van der Waals surface area contributed by atoms with Gasteiger partial charge in [0.1, 0.15) is 0 Å². The van der Waals surface area contributed by atoms with Crippen LogP contribution in [0.3, 0.4) is 0 Å². The van der Waals surface area contributed by atoms with Crippen molar-refractivity contribution in [2.75, 3.05) is 6.54 Å². The average molecular weight is 394 g/mol. The van der Waals surface area contributed by atoms with Gasteiger partial charge >= 0.3 is 0 Å². The Morgan fingerprint density at radius 3 is 2.79 bits per heavy atom. The number of rotatable bonds is 7. The number of carbonyl (C=O) groups is 1. The van der Waals surface area contributed by atoms with E-state index in [0.29, 0.717) is 16.5 Å². The van der Waals surface area contributed by atoms with Crippen molar-refractivity contribution in [3.63, 3.8) is 0 Å². The van der Waals surface area contributed by atoms with Gasteiger partial charge in [0.05, 0.1) is 5.56 Å². The molecule has 1 atom stereocenters. The Labute approximate surface area is 134 Å². The van der Waals surface area contributed by atoms with Crippen LogP contribution in [-0.2, 0) is 0 Å². The Bertz CT molecular complexity index is 423. The SMILES string of the molecule is CCCCC(CC)CNC(=O)c1cc(Cl)ccc1I. The minimum Gasteiger partial charge on any atom is -0.352 e. The molecule has 0 aliphatic heterocycles.